The molecule has 0 heterocycles. The van der Waals surface area contributed by atoms with Gasteiger partial charge in [0.25, 0.3) is 5.91 Å². The first-order valence-electron chi connectivity index (χ1n) is 6.71. The van der Waals surface area contributed by atoms with Gasteiger partial charge in [0.15, 0.2) is 0 Å². The van der Waals surface area contributed by atoms with Gasteiger partial charge in [-0.1, -0.05) is 18.2 Å². The lowest BCUT2D eigenvalue weighted by atomic mass is 10.1. The number of aliphatic hydroxyl groups is 1. The van der Waals surface area contributed by atoms with E-state index < -0.39 is 0 Å². The molecule has 0 saturated heterocycles. The fourth-order valence-corrected chi connectivity index (χ4v) is 1.88. The Labute approximate surface area is 119 Å². The molecule has 1 N–H and O–H groups in total. The number of aryl methyl sites for hydroxylation is 1. The Bertz CT molecular complexity index is 459. The molecule has 0 unspecified atom stereocenters. The van der Waals surface area contributed by atoms with Crippen molar-refractivity contribution in [1.29, 1.82) is 0 Å². The summed E-state index contributed by atoms with van der Waals surface area (Å²) >= 11 is 0. The van der Waals surface area contributed by atoms with Gasteiger partial charge < -0.3 is 14.7 Å². The van der Waals surface area contributed by atoms with Gasteiger partial charge in [-0.2, -0.15) is 0 Å². The molecule has 0 aliphatic heterocycles. The highest BCUT2D eigenvalue weighted by Crippen LogP contribution is 2.11. The van der Waals surface area contributed by atoms with Crippen LogP contribution >= 0.6 is 0 Å². The number of aliphatic hydroxyl groups excluding tert-OH is 1. The third-order valence-corrected chi connectivity index (χ3v) is 2.92. The van der Waals surface area contributed by atoms with E-state index in [0.29, 0.717) is 12.2 Å². The van der Waals surface area contributed by atoms with Gasteiger partial charge in [0, 0.05) is 18.7 Å². The molecule has 5 nitrogen and oxygen atoms in total. The summed E-state index contributed by atoms with van der Waals surface area (Å²) in [5, 5.41) is 9.06. The summed E-state index contributed by atoms with van der Waals surface area (Å²) in [6.07, 6.45) is 0.130. The Kier molecular flexibility index (Phi) is 6.73. The lowest BCUT2D eigenvalue weighted by Gasteiger charge is -2.22. The van der Waals surface area contributed by atoms with Crippen LogP contribution in [0.3, 0.4) is 0 Å². The second-order valence-electron chi connectivity index (χ2n) is 4.39. The van der Waals surface area contributed by atoms with Gasteiger partial charge in [-0.15, -0.1) is 0 Å². The first kappa shape index (κ1) is 16.2. The van der Waals surface area contributed by atoms with Gasteiger partial charge in [0.2, 0.25) is 0 Å². The summed E-state index contributed by atoms with van der Waals surface area (Å²) in [7, 11) is 0. The minimum Gasteiger partial charge on any atom is -0.466 e. The summed E-state index contributed by atoms with van der Waals surface area (Å²) in [6.45, 7) is 4.22. The van der Waals surface area contributed by atoms with Crippen LogP contribution in [0, 0.1) is 6.92 Å². The number of nitrogens with zero attached hydrogens (tertiary/aromatic N) is 1. The maximum atomic E-state index is 12.4. The molecular weight excluding hydrogens is 258 g/mol. The zero-order valence-electron chi connectivity index (χ0n) is 12.0. The van der Waals surface area contributed by atoms with Gasteiger partial charge in [-0.25, -0.2) is 0 Å². The maximum absolute atomic E-state index is 12.4. The summed E-state index contributed by atoms with van der Waals surface area (Å²) < 4.78 is 4.84. The minimum atomic E-state index is -0.340. The minimum absolute atomic E-state index is 0.130. The third-order valence-electron chi connectivity index (χ3n) is 2.92. The van der Waals surface area contributed by atoms with Gasteiger partial charge in [0.1, 0.15) is 0 Å². The van der Waals surface area contributed by atoms with E-state index in [1.165, 1.54) is 4.90 Å². The molecule has 1 aromatic carbocycles. The molecule has 1 amide bonds. The van der Waals surface area contributed by atoms with Crippen LogP contribution in [0.2, 0.25) is 0 Å². The van der Waals surface area contributed by atoms with E-state index in [9.17, 15) is 9.59 Å². The van der Waals surface area contributed by atoms with E-state index in [-0.39, 0.29) is 38.0 Å². The quantitative estimate of drug-likeness (QED) is 0.766. The normalized spacial score (nSPS) is 10.2. The van der Waals surface area contributed by atoms with Crippen molar-refractivity contribution in [1.82, 2.24) is 4.90 Å². The highest BCUT2D eigenvalue weighted by atomic mass is 16.5. The van der Waals surface area contributed by atoms with Crippen LogP contribution in [0.1, 0.15) is 29.3 Å². The monoisotopic (exact) mass is 279 g/mol. The van der Waals surface area contributed by atoms with Crippen molar-refractivity contribution in [3.63, 3.8) is 0 Å². The number of esters is 1. The van der Waals surface area contributed by atoms with Crippen LogP contribution in [-0.4, -0.2) is 48.2 Å². The number of carbonyl (C=O) groups excluding carboxylic acids is 2. The first-order valence-corrected chi connectivity index (χ1v) is 6.71. The Balaban J connectivity index is 2.72. The topological polar surface area (TPSA) is 66.8 Å². The Morgan fingerprint density at radius 2 is 1.95 bits per heavy atom. The maximum Gasteiger partial charge on any atom is 0.307 e. The average Bonchev–Trinajstić information content (AvgIpc) is 2.43. The number of hydrogen-bond acceptors (Lipinski definition) is 4. The third kappa shape index (κ3) is 4.66. The van der Waals surface area contributed by atoms with Gasteiger partial charge >= 0.3 is 5.97 Å². The van der Waals surface area contributed by atoms with Crippen LogP contribution in [0.4, 0.5) is 0 Å². The van der Waals surface area contributed by atoms with E-state index in [2.05, 4.69) is 0 Å². The molecule has 0 saturated carbocycles. The highest BCUT2D eigenvalue weighted by Gasteiger charge is 2.18. The Hall–Kier alpha value is -1.88. The summed E-state index contributed by atoms with van der Waals surface area (Å²) in [4.78, 5) is 25.2. The number of hydrogen-bond donors (Lipinski definition) is 1. The number of rotatable bonds is 7. The second-order valence-corrected chi connectivity index (χ2v) is 4.39. The largest absolute Gasteiger partial charge is 0.466 e. The fraction of sp³-hybridized carbons (Fsp3) is 0.467. The predicted molar refractivity (Wildman–Crippen MR) is 75.4 cm³/mol. The number of amides is 1. The van der Waals surface area contributed by atoms with Crippen LogP contribution in [0.15, 0.2) is 24.3 Å². The van der Waals surface area contributed by atoms with Crippen LogP contribution < -0.4 is 0 Å². The Morgan fingerprint density at radius 1 is 1.25 bits per heavy atom. The van der Waals surface area contributed by atoms with E-state index in [4.69, 9.17) is 9.84 Å². The summed E-state index contributed by atoms with van der Waals surface area (Å²) in [5.41, 5.74) is 1.46. The van der Waals surface area contributed by atoms with E-state index in [1.54, 1.807) is 19.1 Å². The smallest absolute Gasteiger partial charge is 0.307 e. The van der Waals surface area contributed by atoms with Crippen molar-refractivity contribution >= 4 is 11.9 Å². The van der Waals surface area contributed by atoms with E-state index in [1.807, 2.05) is 19.1 Å². The fourth-order valence-electron chi connectivity index (χ4n) is 1.88. The molecule has 0 radical (unpaired) electrons. The molecule has 20 heavy (non-hydrogen) atoms. The van der Waals surface area contributed by atoms with Crippen LogP contribution in [0.25, 0.3) is 0 Å². The van der Waals surface area contributed by atoms with Crippen molar-refractivity contribution in [2.24, 2.45) is 0 Å². The van der Waals surface area contributed by atoms with E-state index >= 15 is 0 Å². The van der Waals surface area contributed by atoms with Crippen molar-refractivity contribution in [3.05, 3.63) is 35.4 Å². The molecule has 0 fully saturated rings. The van der Waals surface area contributed by atoms with E-state index in [0.717, 1.165) is 5.56 Å². The standard InChI is InChI=1S/C15H21NO4/c1-3-20-14(18)8-9-16(10-11-17)15(19)13-7-5-4-6-12(13)2/h4-7,17H,3,8-11H2,1-2H3. The van der Waals surface area contributed by atoms with Crippen molar-refractivity contribution < 1.29 is 19.4 Å². The summed E-state index contributed by atoms with van der Waals surface area (Å²) in [5.74, 6) is -0.519. The lowest BCUT2D eigenvalue weighted by molar-refractivity contribution is -0.143. The molecular formula is C15H21NO4. The van der Waals surface area contributed by atoms with Crippen molar-refractivity contribution in [2.45, 2.75) is 20.3 Å². The molecule has 0 aliphatic rings. The molecule has 0 aliphatic carbocycles. The predicted octanol–water partition coefficient (Wildman–Crippen LogP) is 1.38. The number of ether oxygens (including phenoxy) is 1. The van der Waals surface area contributed by atoms with Gasteiger partial charge in [-0.3, -0.25) is 9.59 Å². The molecule has 1 aromatic rings. The molecule has 0 spiro atoms. The molecule has 5 heteroatoms. The van der Waals surface area contributed by atoms with Crippen LogP contribution in [-0.2, 0) is 9.53 Å². The molecule has 0 aromatic heterocycles. The zero-order valence-corrected chi connectivity index (χ0v) is 12.0. The van der Waals surface area contributed by atoms with Gasteiger partial charge in [-0.05, 0) is 25.5 Å². The van der Waals surface area contributed by atoms with Crippen molar-refractivity contribution in [2.75, 3.05) is 26.3 Å². The average molecular weight is 279 g/mol. The highest BCUT2D eigenvalue weighted by molar-refractivity contribution is 5.95. The summed E-state index contributed by atoms with van der Waals surface area (Å²) in [6, 6.07) is 7.26. The second kappa shape index (κ2) is 8.32. The Morgan fingerprint density at radius 3 is 2.55 bits per heavy atom. The number of carbonyl (C=O) groups is 2. The molecule has 1 rings (SSSR count). The molecule has 0 bridgehead atoms. The molecule has 110 valence electrons. The van der Waals surface area contributed by atoms with Crippen LogP contribution in [0.5, 0.6) is 0 Å². The SMILES string of the molecule is CCOC(=O)CCN(CCO)C(=O)c1ccccc1C. The van der Waals surface area contributed by atoms with Crippen molar-refractivity contribution in [3.8, 4) is 0 Å². The number of benzene rings is 1. The zero-order chi connectivity index (χ0) is 15.0. The lowest BCUT2D eigenvalue weighted by Crippen LogP contribution is -2.36. The first-order chi connectivity index (χ1) is 9.60. The van der Waals surface area contributed by atoms with Gasteiger partial charge in [0.05, 0.1) is 19.6 Å². The molecule has 0 atom stereocenters.